The molecular weight excluding hydrogens is 274 g/mol. The van der Waals surface area contributed by atoms with E-state index in [4.69, 9.17) is 0 Å². The minimum Gasteiger partial charge on any atom is -0.481 e. The molecule has 0 saturated heterocycles. The van der Waals surface area contributed by atoms with Crippen LogP contribution in [0.5, 0.6) is 0 Å². The lowest BCUT2D eigenvalue weighted by molar-refractivity contribution is -0.148. The quantitative estimate of drug-likeness (QED) is 0.724. The molecule has 1 fully saturated rings. The van der Waals surface area contributed by atoms with Crippen LogP contribution in [-0.4, -0.2) is 44.5 Å². The van der Waals surface area contributed by atoms with Crippen molar-refractivity contribution in [3.8, 4) is 0 Å². The van der Waals surface area contributed by atoms with Crippen molar-refractivity contribution in [3.63, 3.8) is 0 Å². The van der Waals surface area contributed by atoms with Crippen molar-refractivity contribution >= 4 is 12.0 Å². The summed E-state index contributed by atoms with van der Waals surface area (Å²) in [6.07, 6.45) is 4.27. The molecule has 8 nitrogen and oxygen atoms in total. The minimum atomic E-state index is -0.874. The van der Waals surface area contributed by atoms with E-state index in [-0.39, 0.29) is 12.1 Å². The van der Waals surface area contributed by atoms with Crippen LogP contribution < -0.4 is 10.6 Å². The molecule has 1 aromatic rings. The van der Waals surface area contributed by atoms with Crippen molar-refractivity contribution < 1.29 is 14.7 Å². The third-order valence-electron chi connectivity index (χ3n) is 4.19. The van der Waals surface area contributed by atoms with Gasteiger partial charge in [-0.05, 0) is 19.8 Å². The first kappa shape index (κ1) is 15.3. The van der Waals surface area contributed by atoms with Crippen LogP contribution in [0.3, 0.4) is 0 Å². The highest BCUT2D eigenvalue weighted by molar-refractivity contribution is 5.79. The molecular formula is C13H21N5O3. The van der Waals surface area contributed by atoms with Crippen LogP contribution in [0.2, 0.25) is 0 Å². The number of aryl methyl sites for hydroxylation is 1. The van der Waals surface area contributed by atoms with E-state index < -0.39 is 11.4 Å². The predicted octanol–water partition coefficient (Wildman–Crippen LogP) is 0.300. The van der Waals surface area contributed by atoms with Gasteiger partial charge in [-0.2, -0.15) is 0 Å². The predicted molar refractivity (Wildman–Crippen MR) is 74.6 cm³/mol. The number of hydrogen-bond acceptors (Lipinski definition) is 4. The van der Waals surface area contributed by atoms with Crippen molar-refractivity contribution in [3.05, 3.63) is 12.2 Å². The van der Waals surface area contributed by atoms with Gasteiger partial charge in [0.05, 0.1) is 5.41 Å². The van der Waals surface area contributed by atoms with Crippen molar-refractivity contribution in [1.29, 1.82) is 0 Å². The van der Waals surface area contributed by atoms with Gasteiger partial charge in [0, 0.05) is 26.1 Å². The number of carboxylic acids is 1. The Morgan fingerprint density at radius 2 is 2.33 bits per heavy atom. The average molecular weight is 295 g/mol. The van der Waals surface area contributed by atoms with Gasteiger partial charge in [-0.15, -0.1) is 10.2 Å². The number of hydrogen-bond donors (Lipinski definition) is 3. The Labute approximate surface area is 122 Å². The summed E-state index contributed by atoms with van der Waals surface area (Å²) in [6.45, 7) is 2.11. The molecule has 2 unspecified atom stereocenters. The number of carboxylic acid groups (broad SMARTS) is 1. The number of aliphatic carboxylic acids is 1. The number of rotatable bonds is 5. The molecule has 1 aliphatic rings. The van der Waals surface area contributed by atoms with Crippen molar-refractivity contribution in [2.75, 3.05) is 6.54 Å². The number of carbonyl (C=O) groups excluding carboxylic acids is 1. The fourth-order valence-electron chi connectivity index (χ4n) is 2.68. The second kappa shape index (κ2) is 6.11. The first-order chi connectivity index (χ1) is 9.93. The highest BCUT2D eigenvalue weighted by Crippen LogP contribution is 2.38. The molecule has 1 aromatic heterocycles. The smallest absolute Gasteiger partial charge is 0.315 e. The minimum absolute atomic E-state index is 0.329. The van der Waals surface area contributed by atoms with Gasteiger partial charge in [0.15, 0.2) is 0 Å². The number of carbonyl (C=O) groups is 2. The highest BCUT2D eigenvalue weighted by Gasteiger charge is 2.45. The van der Waals surface area contributed by atoms with Crippen LogP contribution in [0.1, 0.15) is 32.0 Å². The van der Waals surface area contributed by atoms with E-state index in [0.29, 0.717) is 25.8 Å². The first-order valence-corrected chi connectivity index (χ1v) is 7.04. The molecule has 2 atom stereocenters. The SMILES string of the molecule is Cn1cnnc1CCNC(=O)NC1CCCC1(C)C(=O)O. The zero-order valence-electron chi connectivity index (χ0n) is 12.3. The summed E-state index contributed by atoms with van der Waals surface area (Å²) in [7, 11) is 1.84. The normalized spacial score (nSPS) is 24.8. The van der Waals surface area contributed by atoms with Gasteiger partial charge in [-0.1, -0.05) is 6.42 Å². The molecule has 3 N–H and O–H groups in total. The number of aromatic nitrogens is 3. The van der Waals surface area contributed by atoms with Crippen LogP contribution >= 0.6 is 0 Å². The molecule has 0 radical (unpaired) electrons. The maximum Gasteiger partial charge on any atom is 0.315 e. The maximum absolute atomic E-state index is 11.9. The summed E-state index contributed by atoms with van der Waals surface area (Å²) in [6, 6.07) is -0.665. The number of urea groups is 1. The third kappa shape index (κ3) is 3.32. The molecule has 1 saturated carbocycles. The summed E-state index contributed by atoms with van der Waals surface area (Å²) in [4.78, 5) is 23.2. The Bertz CT molecular complexity index is 530. The van der Waals surface area contributed by atoms with E-state index in [2.05, 4.69) is 20.8 Å². The van der Waals surface area contributed by atoms with E-state index >= 15 is 0 Å². The van der Waals surface area contributed by atoms with Gasteiger partial charge in [0.25, 0.3) is 0 Å². The van der Waals surface area contributed by atoms with Crippen LogP contribution in [0.4, 0.5) is 4.79 Å². The number of nitrogens with one attached hydrogen (secondary N) is 2. The van der Waals surface area contributed by atoms with E-state index in [9.17, 15) is 14.7 Å². The number of amides is 2. The van der Waals surface area contributed by atoms with E-state index in [1.54, 1.807) is 17.8 Å². The summed E-state index contributed by atoms with van der Waals surface area (Å²) < 4.78 is 1.79. The van der Waals surface area contributed by atoms with Gasteiger partial charge in [-0.25, -0.2) is 4.79 Å². The second-order valence-electron chi connectivity index (χ2n) is 5.68. The lowest BCUT2D eigenvalue weighted by Gasteiger charge is -2.27. The van der Waals surface area contributed by atoms with Crippen LogP contribution in [0.25, 0.3) is 0 Å². The molecule has 0 bridgehead atoms. The van der Waals surface area contributed by atoms with Crippen molar-refractivity contribution in [1.82, 2.24) is 25.4 Å². The molecule has 8 heteroatoms. The molecule has 1 heterocycles. The van der Waals surface area contributed by atoms with E-state index in [0.717, 1.165) is 12.2 Å². The second-order valence-corrected chi connectivity index (χ2v) is 5.68. The van der Waals surface area contributed by atoms with Gasteiger partial charge >= 0.3 is 12.0 Å². The topological polar surface area (TPSA) is 109 Å². The third-order valence-corrected chi connectivity index (χ3v) is 4.19. The average Bonchev–Trinajstić information content (AvgIpc) is 2.98. The fraction of sp³-hybridized carbons (Fsp3) is 0.692. The molecule has 1 aliphatic carbocycles. The Morgan fingerprint density at radius 3 is 2.95 bits per heavy atom. The van der Waals surface area contributed by atoms with Crippen molar-refractivity contribution in [2.45, 2.75) is 38.6 Å². The maximum atomic E-state index is 11.9. The molecule has 0 spiro atoms. The Hall–Kier alpha value is -2.12. The Kier molecular flexibility index (Phi) is 4.44. The monoisotopic (exact) mass is 295 g/mol. The number of nitrogens with zero attached hydrogens (tertiary/aromatic N) is 3. The van der Waals surface area contributed by atoms with E-state index in [1.165, 1.54) is 0 Å². The zero-order valence-corrected chi connectivity index (χ0v) is 12.3. The van der Waals surface area contributed by atoms with Gasteiger partial charge in [0.1, 0.15) is 12.2 Å². The summed E-state index contributed by atoms with van der Waals surface area (Å²) >= 11 is 0. The summed E-state index contributed by atoms with van der Waals surface area (Å²) in [5.74, 6) is -0.0732. The Balaban J connectivity index is 1.79. The zero-order chi connectivity index (χ0) is 15.5. The van der Waals surface area contributed by atoms with E-state index in [1.807, 2.05) is 7.05 Å². The van der Waals surface area contributed by atoms with Crippen LogP contribution in [0.15, 0.2) is 6.33 Å². The molecule has 116 valence electrons. The standard InChI is InChI=1S/C13H21N5O3/c1-13(11(19)20)6-3-4-9(13)16-12(21)14-7-5-10-17-15-8-18(10)2/h8-9H,3-7H2,1-2H3,(H,19,20)(H2,14,16,21). The summed E-state index contributed by atoms with van der Waals surface area (Å²) in [5, 5.41) is 22.5. The summed E-state index contributed by atoms with van der Waals surface area (Å²) in [5.41, 5.74) is -0.874. The lowest BCUT2D eigenvalue weighted by atomic mass is 9.85. The fourth-order valence-corrected chi connectivity index (χ4v) is 2.68. The lowest BCUT2D eigenvalue weighted by Crippen LogP contribution is -2.50. The Morgan fingerprint density at radius 1 is 1.57 bits per heavy atom. The molecule has 0 aromatic carbocycles. The highest BCUT2D eigenvalue weighted by atomic mass is 16.4. The first-order valence-electron chi connectivity index (χ1n) is 7.04. The molecule has 2 amide bonds. The largest absolute Gasteiger partial charge is 0.481 e. The van der Waals surface area contributed by atoms with Crippen LogP contribution in [0, 0.1) is 5.41 Å². The van der Waals surface area contributed by atoms with Gasteiger partial charge in [0.2, 0.25) is 0 Å². The molecule has 0 aliphatic heterocycles. The molecule has 2 rings (SSSR count). The van der Waals surface area contributed by atoms with Gasteiger partial charge in [-0.3, -0.25) is 4.79 Å². The molecule has 21 heavy (non-hydrogen) atoms. The van der Waals surface area contributed by atoms with Crippen molar-refractivity contribution in [2.24, 2.45) is 12.5 Å². The van der Waals surface area contributed by atoms with Crippen LogP contribution in [-0.2, 0) is 18.3 Å². The van der Waals surface area contributed by atoms with Gasteiger partial charge < -0.3 is 20.3 Å².